The standard InChI is InChI=1S/C20H26BrNO3S/c1-12-7-16(21)5-6-18(12)26-11-20(24)25-10-19(23)22-13(2)17-9-14-3-4-15(17)8-14/h5-7,13-15,17H,3-4,8-11H2,1-2H3,(H,22,23)/t13-,14-,15-,17-/m0/s1. The van der Waals surface area contributed by atoms with Crippen molar-refractivity contribution in [1.29, 1.82) is 0 Å². The van der Waals surface area contributed by atoms with Crippen LogP contribution in [0.2, 0.25) is 0 Å². The number of hydrogen-bond acceptors (Lipinski definition) is 4. The number of rotatable bonds is 7. The number of fused-ring (bicyclic) bond motifs is 2. The van der Waals surface area contributed by atoms with E-state index in [1.165, 1.54) is 37.4 Å². The number of thioether (sulfide) groups is 1. The van der Waals surface area contributed by atoms with Gasteiger partial charge in [-0.1, -0.05) is 22.4 Å². The number of carbonyl (C=O) groups is 2. The summed E-state index contributed by atoms with van der Waals surface area (Å²) in [4.78, 5) is 25.0. The first-order chi connectivity index (χ1) is 12.4. The van der Waals surface area contributed by atoms with Crippen LogP contribution in [-0.2, 0) is 14.3 Å². The fraction of sp³-hybridized carbons (Fsp3) is 0.600. The number of benzene rings is 1. The molecule has 4 nitrogen and oxygen atoms in total. The average molecular weight is 440 g/mol. The SMILES string of the molecule is Cc1cc(Br)ccc1SCC(=O)OCC(=O)N[C@@H](C)[C@@H]1C[C@H]2CC[C@H]1C2. The number of hydrogen-bond donors (Lipinski definition) is 1. The molecule has 0 unspecified atom stereocenters. The Morgan fingerprint density at radius 2 is 2.15 bits per heavy atom. The molecule has 2 fully saturated rings. The molecule has 1 aromatic carbocycles. The predicted octanol–water partition coefficient (Wildman–Crippen LogP) is 4.33. The van der Waals surface area contributed by atoms with E-state index in [0.29, 0.717) is 5.92 Å². The highest BCUT2D eigenvalue weighted by Crippen LogP contribution is 2.49. The van der Waals surface area contributed by atoms with Crippen LogP contribution in [0.1, 0.15) is 38.2 Å². The van der Waals surface area contributed by atoms with Crippen LogP contribution in [0.3, 0.4) is 0 Å². The molecule has 0 aromatic heterocycles. The van der Waals surface area contributed by atoms with Gasteiger partial charge in [-0.15, -0.1) is 11.8 Å². The molecule has 3 rings (SSSR count). The summed E-state index contributed by atoms with van der Waals surface area (Å²) in [6.07, 6.45) is 5.22. The van der Waals surface area contributed by atoms with Gasteiger partial charge in [-0.3, -0.25) is 9.59 Å². The van der Waals surface area contributed by atoms with Crippen molar-refractivity contribution < 1.29 is 14.3 Å². The van der Waals surface area contributed by atoms with E-state index >= 15 is 0 Å². The molecule has 2 aliphatic rings. The minimum Gasteiger partial charge on any atom is -0.455 e. The maximum Gasteiger partial charge on any atom is 0.316 e. The maximum absolute atomic E-state index is 12.1. The highest BCUT2D eigenvalue weighted by Gasteiger charge is 2.42. The summed E-state index contributed by atoms with van der Waals surface area (Å²) in [6, 6.07) is 6.10. The molecule has 0 saturated heterocycles. The van der Waals surface area contributed by atoms with Crippen molar-refractivity contribution in [3.63, 3.8) is 0 Å². The molecule has 26 heavy (non-hydrogen) atoms. The first-order valence-electron chi connectivity index (χ1n) is 9.26. The van der Waals surface area contributed by atoms with E-state index < -0.39 is 0 Å². The number of nitrogens with one attached hydrogen (secondary N) is 1. The van der Waals surface area contributed by atoms with E-state index in [9.17, 15) is 9.59 Å². The van der Waals surface area contributed by atoms with E-state index in [0.717, 1.165) is 26.8 Å². The topological polar surface area (TPSA) is 55.4 Å². The number of ether oxygens (including phenoxy) is 1. The summed E-state index contributed by atoms with van der Waals surface area (Å²) in [7, 11) is 0. The molecule has 2 bridgehead atoms. The number of esters is 1. The largest absolute Gasteiger partial charge is 0.455 e. The van der Waals surface area contributed by atoms with Crippen molar-refractivity contribution in [2.45, 2.75) is 50.5 Å². The van der Waals surface area contributed by atoms with Gasteiger partial charge < -0.3 is 10.1 Å². The number of carbonyl (C=O) groups excluding carboxylic acids is 2. The number of amides is 1. The van der Waals surface area contributed by atoms with Gasteiger partial charge in [0.1, 0.15) is 0 Å². The molecule has 0 spiro atoms. The zero-order chi connectivity index (χ0) is 18.7. The fourth-order valence-corrected chi connectivity index (χ4v) is 5.69. The average Bonchev–Trinajstić information content (AvgIpc) is 3.22. The van der Waals surface area contributed by atoms with Crippen molar-refractivity contribution in [2.24, 2.45) is 17.8 Å². The molecule has 0 heterocycles. The Kier molecular flexibility index (Phi) is 6.67. The summed E-state index contributed by atoms with van der Waals surface area (Å²) < 4.78 is 6.15. The van der Waals surface area contributed by atoms with Crippen LogP contribution in [0.4, 0.5) is 0 Å². The lowest BCUT2D eigenvalue weighted by Gasteiger charge is -2.28. The summed E-state index contributed by atoms with van der Waals surface area (Å²) in [6.45, 7) is 3.89. The smallest absolute Gasteiger partial charge is 0.316 e. The second-order valence-corrected chi connectivity index (χ2v) is 9.49. The summed E-state index contributed by atoms with van der Waals surface area (Å²) in [5.74, 6) is 1.87. The van der Waals surface area contributed by atoms with Crippen LogP contribution in [-0.4, -0.2) is 30.3 Å². The van der Waals surface area contributed by atoms with Gasteiger partial charge in [0.15, 0.2) is 6.61 Å². The maximum atomic E-state index is 12.1. The van der Waals surface area contributed by atoms with E-state index in [1.807, 2.05) is 25.1 Å². The zero-order valence-corrected chi connectivity index (χ0v) is 17.7. The Morgan fingerprint density at radius 1 is 1.35 bits per heavy atom. The van der Waals surface area contributed by atoms with Crippen molar-refractivity contribution in [3.8, 4) is 0 Å². The predicted molar refractivity (Wildman–Crippen MR) is 107 cm³/mol. The van der Waals surface area contributed by atoms with Gasteiger partial charge in [0.05, 0.1) is 5.75 Å². The molecule has 1 N–H and O–H groups in total. The molecule has 2 aliphatic carbocycles. The highest BCUT2D eigenvalue weighted by atomic mass is 79.9. The lowest BCUT2D eigenvalue weighted by atomic mass is 9.84. The number of halogens is 1. The molecule has 6 heteroatoms. The third kappa shape index (κ3) is 5.03. The van der Waals surface area contributed by atoms with Gasteiger partial charge in [0.25, 0.3) is 5.91 Å². The van der Waals surface area contributed by atoms with Crippen molar-refractivity contribution in [2.75, 3.05) is 12.4 Å². The summed E-state index contributed by atoms with van der Waals surface area (Å²) in [5, 5.41) is 3.02. The van der Waals surface area contributed by atoms with Gasteiger partial charge in [-0.2, -0.15) is 0 Å². The molecule has 4 atom stereocenters. The molecular formula is C20H26BrNO3S. The Labute approximate surface area is 168 Å². The van der Waals surface area contributed by atoms with Crippen LogP contribution < -0.4 is 5.32 Å². The van der Waals surface area contributed by atoms with Gasteiger partial charge in [-0.05, 0) is 74.6 Å². The van der Waals surface area contributed by atoms with Crippen LogP contribution in [0.15, 0.2) is 27.6 Å². The van der Waals surface area contributed by atoms with E-state index in [4.69, 9.17) is 4.74 Å². The molecule has 1 aromatic rings. The third-order valence-corrected chi connectivity index (χ3v) is 7.31. The molecule has 0 radical (unpaired) electrons. The van der Waals surface area contributed by atoms with Crippen LogP contribution >= 0.6 is 27.7 Å². The van der Waals surface area contributed by atoms with Gasteiger partial charge in [-0.25, -0.2) is 0 Å². The Balaban J connectivity index is 1.36. The monoisotopic (exact) mass is 439 g/mol. The van der Waals surface area contributed by atoms with Crippen molar-refractivity contribution in [3.05, 3.63) is 28.2 Å². The summed E-state index contributed by atoms with van der Waals surface area (Å²) >= 11 is 4.86. The van der Waals surface area contributed by atoms with Gasteiger partial charge in [0.2, 0.25) is 0 Å². The zero-order valence-electron chi connectivity index (χ0n) is 15.3. The third-order valence-electron chi connectivity index (χ3n) is 5.67. The van der Waals surface area contributed by atoms with Crippen LogP contribution in [0.25, 0.3) is 0 Å². The first kappa shape index (κ1) is 19.7. The van der Waals surface area contributed by atoms with E-state index in [2.05, 4.69) is 28.2 Å². The van der Waals surface area contributed by atoms with Gasteiger partial charge >= 0.3 is 5.97 Å². The van der Waals surface area contributed by atoms with Crippen molar-refractivity contribution >= 4 is 39.6 Å². The van der Waals surface area contributed by atoms with Gasteiger partial charge in [0, 0.05) is 15.4 Å². The second-order valence-electron chi connectivity index (χ2n) is 7.55. The molecule has 1 amide bonds. The molecule has 142 valence electrons. The number of aryl methyl sites for hydroxylation is 1. The lowest BCUT2D eigenvalue weighted by molar-refractivity contribution is -0.146. The Hall–Kier alpha value is -1.01. The normalized spacial score (nSPS) is 25.1. The molecule has 0 aliphatic heterocycles. The molecular weight excluding hydrogens is 414 g/mol. The quantitative estimate of drug-likeness (QED) is 0.507. The lowest BCUT2D eigenvalue weighted by Crippen LogP contribution is -2.42. The van der Waals surface area contributed by atoms with Crippen LogP contribution in [0.5, 0.6) is 0 Å². The Morgan fingerprint density at radius 3 is 2.81 bits per heavy atom. The van der Waals surface area contributed by atoms with E-state index in [-0.39, 0.29) is 30.3 Å². The first-order valence-corrected chi connectivity index (χ1v) is 11.0. The van der Waals surface area contributed by atoms with Crippen molar-refractivity contribution in [1.82, 2.24) is 5.32 Å². The van der Waals surface area contributed by atoms with Crippen LogP contribution in [0, 0.1) is 24.7 Å². The molecule has 2 saturated carbocycles. The van der Waals surface area contributed by atoms with E-state index in [1.54, 1.807) is 0 Å². The minimum absolute atomic E-state index is 0.163. The fourth-order valence-electron chi connectivity index (χ4n) is 4.41. The second kappa shape index (κ2) is 8.79. The highest BCUT2D eigenvalue weighted by molar-refractivity contribution is 9.10. The summed E-state index contributed by atoms with van der Waals surface area (Å²) in [5.41, 5.74) is 1.11. The Bertz CT molecular complexity index is 681. The minimum atomic E-state index is -0.361.